The second kappa shape index (κ2) is 4.94. The third kappa shape index (κ3) is 2.71. The zero-order chi connectivity index (χ0) is 12.4. The summed E-state index contributed by atoms with van der Waals surface area (Å²) in [4.78, 5) is 0. The average molecular weight is 271 g/mol. The Morgan fingerprint density at radius 3 is 2.35 bits per heavy atom. The van der Waals surface area contributed by atoms with Gasteiger partial charge in [0.25, 0.3) is 0 Å². The first-order valence-corrected chi connectivity index (χ1v) is 5.66. The normalized spacial score (nSPS) is 10.4. The molecule has 0 aromatic heterocycles. The van der Waals surface area contributed by atoms with Gasteiger partial charge in [0.05, 0.1) is 17.2 Å². The molecule has 0 saturated heterocycles. The number of benzene rings is 2. The summed E-state index contributed by atoms with van der Waals surface area (Å²) in [6.07, 6.45) is 0. The number of hydrogen-bond donors (Lipinski definition) is 0. The molecule has 0 bridgehead atoms. The second-order valence-corrected chi connectivity index (χ2v) is 4.32. The summed E-state index contributed by atoms with van der Waals surface area (Å²) in [5.74, 6) is 0.108. The summed E-state index contributed by atoms with van der Waals surface area (Å²) in [6.45, 7) is 0. The summed E-state index contributed by atoms with van der Waals surface area (Å²) < 4.78 is 18.4. The van der Waals surface area contributed by atoms with Crippen molar-refractivity contribution in [3.05, 3.63) is 52.3 Å². The fourth-order valence-electron chi connectivity index (χ4n) is 1.52. The maximum Gasteiger partial charge on any atom is 0.127 e. The van der Waals surface area contributed by atoms with Gasteiger partial charge in [-0.15, -0.1) is 0 Å². The number of methoxy groups -OCH3 is 1. The molecule has 0 saturated carbocycles. The van der Waals surface area contributed by atoms with Gasteiger partial charge in [0, 0.05) is 6.07 Å². The van der Waals surface area contributed by atoms with Crippen LogP contribution in [0.1, 0.15) is 0 Å². The predicted molar refractivity (Wildman–Crippen MR) is 68.4 cm³/mol. The molecule has 0 aliphatic rings. The lowest BCUT2D eigenvalue weighted by Crippen LogP contribution is -1.87. The SMILES string of the molecule is COc1cc(F)cc(-c2ccc(Cl)c(Cl)c2)c1. The highest BCUT2D eigenvalue weighted by atomic mass is 35.5. The topological polar surface area (TPSA) is 9.23 Å². The Morgan fingerprint density at radius 2 is 1.71 bits per heavy atom. The van der Waals surface area contributed by atoms with Crippen molar-refractivity contribution < 1.29 is 9.13 Å². The van der Waals surface area contributed by atoms with Crippen LogP contribution in [0.25, 0.3) is 11.1 Å². The van der Waals surface area contributed by atoms with E-state index in [9.17, 15) is 4.39 Å². The molecule has 0 amide bonds. The fourth-order valence-corrected chi connectivity index (χ4v) is 1.82. The van der Waals surface area contributed by atoms with E-state index in [0.717, 1.165) is 5.56 Å². The van der Waals surface area contributed by atoms with Crippen LogP contribution < -0.4 is 4.74 Å². The van der Waals surface area contributed by atoms with Gasteiger partial charge in [0.2, 0.25) is 0 Å². The molecule has 4 heteroatoms. The average Bonchev–Trinajstić information content (AvgIpc) is 2.32. The predicted octanol–water partition coefficient (Wildman–Crippen LogP) is 4.81. The Hall–Kier alpha value is -1.25. The molecule has 0 heterocycles. The Balaban J connectivity index is 2.52. The summed E-state index contributed by atoms with van der Waals surface area (Å²) >= 11 is 11.7. The van der Waals surface area contributed by atoms with Gasteiger partial charge in [-0.25, -0.2) is 4.39 Å². The molecule has 0 aliphatic heterocycles. The lowest BCUT2D eigenvalue weighted by Gasteiger charge is -2.06. The highest BCUT2D eigenvalue weighted by molar-refractivity contribution is 6.42. The first kappa shape index (κ1) is 12.2. The van der Waals surface area contributed by atoms with Gasteiger partial charge >= 0.3 is 0 Å². The highest BCUT2D eigenvalue weighted by Gasteiger charge is 2.05. The Labute approximate surface area is 109 Å². The van der Waals surface area contributed by atoms with Crippen LogP contribution in [0, 0.1) is 5.82 Å². The van der Waals surface area contributed by atoms with E-state index in [4.69, 9.17) is 27.9 Å². The van der Waals surface area contributed by atoms with E-state index in [1.54, 1.807) is 24.3 Å². The molecule has 88 valence electrons. The molecule has 0 spiro atoms. The van der Waals surface area contributed by atoms with Gasteiger partial charge in [-0.1, -0.05) is 29.3 Å². The zero-order valence-electron chi connectivity index (χ0n) is 9.01. The first-order valence-electron chi connectivity index (χ1n) is 4.90. The number of hydrogen-bond acceptors (Lipinski definition) is 1. The number of ether oxygens (including phenoxy) is 1. The van der Waals surface area contributed by atoms with Gasteiger partial charge < -0.3 is 4.74 Å². The van der Waals surface area contributed by atoms with Gasteiger partial charge in [-0.2, -0.15) is 0 Å². The molecular formula is C13H9Cl2FO. The molecule has 0 fully saturated rings. The lowest BCUT2D eigenvalue weighted by atomic mass is 10.1. The standard InChI is InChI=1S/C13H9Cl2FO/c1-17-11-5-9(4-10(16)7-11)8-2-3-12(14)13(15)6-8/h2-7H,1H3. The molecule has 1 nitrogen and oxygen atoms in total. The smallest absolute Gasteiger partial charge is 0.127 e. The van der Waals surface area contributed by atoms with Crippen LogP contribution in [0.2, 0.25) is 10.0 Å². The van der Waals surface area contributed by atoms with Crippen molar-refractivity contribution >= 4 is 23.2 Å². The number of rotatable bonds is 2. The van der Waals surface area contributed by atoms with Crippen molar-refractivity contribution in [3.8, 4) is 16.9 Å². The van der Waals surface area contributed by atoms with E-state index < -0.39 is 0 Å². The molecule has 0 unspecified atom stereocenters. The van der Waals surface area contributed by atoms with E-state index in [2.05, 4.69) is 0 Å². The van der Waals surface area contributed by atoms with Gasteiger partial charge in [0.15, 0.2) is 0 Å². The molecule has 2 aromatic rings. The van der Waals surface area contributed by atoms with Crippen molar-refractivity contribution in [2.24, 2.45) is 0 Å². The van der Waals surface area contributed by atoms with Crippen LogP contribution in [-0.4, -0.2) is 7.11 Å². The van der Waals surface area contributed by atoms with E-state index in [-0.39, 0.29) is 5.82 Å². The zero-order valence-corrected chi connectivity index (χ0v) is 10.5. The van der Waals surface area contributed by atoms with Gasteiger partial charge in [-0.3, -0.25) is 0 Å². The Kier molecular flexibility index (Phi) is 3.55. The van der Waals surface area contributed by atoms with Crippen LogP contribution in [0.15, 0.2) is 36.4 Å². The van der Waals surface area contributed by atoms with Gasteiger partial charge in [0.1, 0.15) is 11.6 Å². The quantitative estimate of drug-likeness (QED) is 0.761. The first-order chi connectivity index (χ1) is 8.10. The maximum absolute atomic E-state index is 13.3. The van der Waals surface area contributed by atoms with Crippen molar-refractivity contribution in [1.82, 2.24) is 0 Å². The second-order valence-electron chi connectivity index (χ2n) is 3.51. The molecule has 0 N–H and O–H groups in total. The van der Waals surface area contributed by atoms with Gasteiger partial charge in [-0.05, 0) is 35.4 Å². The molecule has 17 heavy (non-hydrogen) atoms. The lowest BCUT2D eigenvalue weighted by molar-refractivity contribution is 0.411. The monoisotopic (exact) mass is 270 g/mol. The van der Waals surface area contributed by atoms with E-state index in [1.807, 2.05) is 0 Å². The van der Waals surface area contributed by atoms with Crippen LogP contribution in [0.3, 0.4) is 0 Å². The van der Waals surface area contributed by atoms with Crippen LogP contribution in [0.4, 0.5) is 4.39 Å². The fraction of sp³-hybridized carbons (Fsp3) is 0.0769. The molecular weight excluding hydrogens is 262 g/mol. The largest absolute Gasteiger partial charge is 0.497 e. The van der Waals surface area contributed by atoms with Crippen molar-refractivity contribution in [2.45, 2.75) is 0 Å². The van der Waals surface area contributed by atoms with E-state index >= 15 is 0 Å². The minimum Gasteiger partial charge on any atom is -0.497 e. The maximum atomic E-state index is 13.3. The Bertz CT molecular complexity index is 555. The van der Waals surface area contributed by atoms with E-state index in [0.29, 0.717) is 21.4 Å². The van der Waals surface area contributed by atoms with Crippen molar-refractivity contribution in [2.75, 3.05) is 7.11 Å². The summed E-state index contributed by atoms with van der Waals surface area (Å²) in [7, 11) is 1.49. The minimum absolute atomic E-state index is 0.356. The van der Waals surface area contributed by atoms with Crippen LogP contribution >= 0.6 is 23.2 Å². The van der Waals surface area contributed by atoms with Crippen LogP contribution in [-0.2, 0) is 0 Å². The van der Waals surface area contributed by atoms with Crippen molar-refractivity contribution in [3.63, 3.8) is 0 Å². The molecule has 2 rings (SSSR count). The summed E-state index contributed by atoms with van der Waals surface area (Å²) in [6, 6.07) is 9.63. The molecule has 0 atom stereocenters. The minimum atomic E-state index is -0.356. The molecule has 2 aromatic carbocycles. The molecule has 0 radical (unpaired) electrons. The van der Waals surface area contributed by atoms with Crippen molar-refractivity contribution in [1.29, 1.82) is 0 Å². The molecule has 0 aliphatic carbocycles. The summed E-state index contributed by atoms with van der Waals surface area (Å²) in [5, 5.41) is 0.908. The number of halogens is 3. The third-order valence-corrected chi connectivity index (χ3v) is 3.10. The van der Waals surface area contributed by atoms with Crippen LogP contribution in [0.5, 0.6) is 5.75 Å². The third-order valence-electron chi connectivity index (χ3n) is 2.36. The summed E-state index contributed by atoms with van der Waals surface area (Å²) in [5.41, 5.74) is 1.48. The highest BCUT2D eigenvalue weighted by Crippen LogP contribution is 2.30. The Morgan fingerprint density at radius 1 is 0.941 bits per heavy atom. The van der Waals surface area contributed by atoms with E-state index in [1.165, 1.54) is 19.2 Å².